The zero-order valence-electron chi connectivity index (χ0n) is 15.9. The number of pyridine rings is 1. The summed E-state index contributed by atoms with van der Waals surface area (Å²) < 4.78 is 1.86. The summed E-state index contributed by atoms with van der Waals surface area (Å²) in [5.41, 5.74) is -0.0282. The Kier molecular flexibility index (Phi) is 5.88. The predicted octanol–water partition coefficient (Wildman–Crippen LogP) is 1.53. The first-order valence-electron chi connectivity index (χ1n) is 9.65. The van der Waals surface area contributed by atoms with Gasteiger partial charge in [0, 0.05) is 32.2 Å². The lowest BCUT2D eigenvalue weighted by molar-refractivity contribution is -0.385. The third-order valence-electron chi connectivity index (χ3n) is 5.36. The second-order valence-electron chi connectivity index (χ2n) is 7.13. The van der Waals surface area contributed by atoms with Gasteiger partial charge in [0.2, 0.25) is 11.1 Å². The van der Waals surface area contributed by atoms with Crippen LogP contribution < -0.4 is 4.90 Å². The van der Waals surface area contributed by atoms with Crippen LogP contribution in [0.5, 0.6) is 0 Å². The van der Waals surface area contributed by atoms with Gasteiger partial charge in [-0.25, -0.2) is 9.67 Å². The highest BCUT2D eigenvalue weighted by atomic mass is 32.2. The molecule has 1 aliphatic heterocycles. The number of anilines is 1. The van der Waals surface area contributed by atoms with Gasteiger partial charge in [-0.05, 0) is 29.3 Å². The van der Waals surface area contributed by atoms with Crippen molar-refractivity contribution in [2.75, 3.05) is 36.8 Å². The van der Waals surface area contributed by atoms with Gasteiger partial charge >= 0.3 is 0 Å². The summed E-state index contributed by atoms with van der Waals surface area (Å²) in [6.07, 6.45) is 5.83. The topological polar surface area (TPSA) is 123 Å². The van der Waals surface area contributed by atoms with Crippen molar-refractivity contribution < 1.29 is 9.72 Å². The summed E-state index contributed by atoms with van der Waals surface area (Å²) in [5.74, 6) is 1.06. The van der Waals surface area contributed by atoms with Gasteiger partial charge in [-0.3, -0.25) is 14.9 Å². The standard InChI is InChI=1S/C17H22N8O3S/c26-16(12-29-17-19-20-21-24(17)13-3-1-2-4-13)23-9-7-22(8-10-23)15-6-5-14(11-18-15)25(27)28/h5-6,11,13H,1-4,7-10,12H2. The van der Waals surface area contributed by atoms with Gasteiger partial charge in [0.15, 0.2) is 0 Å². The number of thioether (sulfide) groups is 1. The molecule has 0 bridgehead atoms. The number of piperazine rings is 1. The summed E-state index contributed by atoms with van der Waals surface area (Å²) in [5, 5.41) is 23.4. The molecule has 0 radical (unpaired) electrons. The summed E-state index contributed by atoms with van der Waals surface area (Å²) in [4.78, 5) is 30.9. The first-order chi connectivity index (χ1) is 14.1. The van der Waals surface area contributed by atoms with Crippen molar-refractivity contribution in [2.45, 2.75) is 36.9 Å². The molecule has 29 heavy (non-hydrogen) atoms. The predicted molar refractivity (Wildman–Crippen MR) is 106 cm³/mol. The number of carbonyl (C=O) groups is 1. The van der Waals surface area contributed by atoms with Crippen LogP contribution in [0.25, 0.3) is 0 Å². The lowest BCUT2D eigenvalue weighted by Crippen LogP contribution is -2.49. The fourth-order valence-electron chi connectivity index (χ4n) is 3.73. The molecule has 2 aliphatic rings. The molecule has 2 aromatic heterocycles. The van der Waals surface area contributed by atoms with Crippen LogP contribution in [0.1, 0.15) is 31.7 Å². The fraction of sp³-hybridized carbons (Fsp3) is 0.588. The van der Waals surface area contributed by atoms with E-state index in [0.717, 1.165) is 12.8 Å². The van der Waals surface area contributed by atoms with Crippen LogP contribution in [-0.4, -0.2) is 72.9 Å². The van der Waals surface area contributed by atoms with Crippen LogP contribution in [0.2, 0.25) is 0 Å². The summed E-state index contributed by atoms with van der Waals surface area (Å²) in [6, 6.07) is 3.44. The third-order valence-corrected chi connectivity index (χ3v) is 6.28. The molecule has 12 heteroatoms. The highest BCUT2D eigenvalue weighted by molar-refractivity contribution is 7.99. The van der Waals surface area contributed by atoms with Crippen LogP contribution in [0.3, 0.4) is 0 Å². The molecule has 11 nitrogen and oxygen atoms in total. The minimum Gasteiger partial charge on any atom is -0.353 e. The maximum atomic E-state index is 12.6. The Morgan fingerprint density at radius 1 is 1.21 bits per heavy atom. The molecule has 154 valence electrons. The Hall–Kier alpha value is -2.76. The number of hydrogen-bond acceptors (Lipinski definition) is 9. The minimum atomic E-state index is -0.464. The van der Waals surface area contributed by atoms with Crippen LogP contribution in [0, 0.1) is 10.1 Å². The van der Waals surface area contributed by atoms with Crippen molar-refractivity contribution in [1.82, 2.24) is 30.1 Å². The molecule has 1 saturated carbocycles. The molecule has 1 amide bonds. The zero-order chi connectivity index (χ0) is 20.2. The van der Waals surface area contributed by atoms with Crippen molar-refractivity contribution in [3.05, 3.63) is 28.4 Å². The Morgan fingerprint density at radius 3 is 2.62 bits per heavy atom. The molecule has 0 aromatic carbocycles. The number of rotatable bonds is 6. The van der Waals surface area contributed by atoms with E-state index >= 15 is 0 Å². The Bertz CT molecular complexity index is 860. The van der Waals surface area contributed by atoms with E-state index in [1.807, 2.05) is 14.5 Å². The SMILES string of the molecule is O=C(CSc1nnnn1C1CCCC1)N1CCN(c2ccc([N+](=O)[O-])cn2)CC1. The van der Waals surface area contributed by atoms with E-state index in [2.05, 4.69) is 20.5 Å². The molecule has 0 atom stereocenters. The molecule has 2 fully saturated rings. The van der Waals surface area contributed by atoms with Crippen molar-refractivity contribution in [3.8, 4) is 0 Å². The molecule has 0 unspecified atom stereocenters. The largest absolute Gasteiger partial charge is 0.353 e. The summed E-state index contributed by atoms with van der Waals surface area (Å²) in [6.45, 7) is 2.46. The highest BCUT2D eigenvalue weighted by Gasteiger charge is 2.25. The maximum Gasteiger partial charge on any atom is 0.287 e. The van der Waals surface area contributed by atoms with Crippen LogP contribution in [-0.2, 0) is 4.79 Å². The third kappa shape index (κ3) is 4.47. The van der Waals surface area contributed by atoms with E-state index in [9.17, 15) is 14.9 Å². The summed E-state index contributed by atoms with van der Waals surface area (Å²) in [7, 11) is 0. The smallest absolute Gasteiger partial charge is 0.287 e. The van der Waals surface area contributed by atoms with Gasteiger partial charge in [-0.15, -0.1) is 5.10 Å². The van der Waals surface area contributed by atoms with Gasteiger partial charge < -0.3 is 9.80 Å². The second-order valence-corrected chi connectivity index (χ2v) is 8.08. The van der Waals surface area contributed by atoms with Gasteiger partial charge in [0.25, 0.3) is 5.69 Å². The normalized spacial score (nSPS) is 17.7. The van der Waals surface area contributed by atoms with Gasteiger partial charge in [-0.1, -0.05) is 24.6 Å². The van der Waals surface area contributed by atoms with Crippen molar-refractivity contribution in [3.63, 3.8) is 0 Å². The molecule has 0 N–H and O–H groups in total. The Morgan fingerprint density at radius 2 is 1.97 bits per heavy atom. The lowest BCUT2D eigenvalue weighted by Gasteiger charge is -2.35. The first kappa shape index (κ1) is 19.6. The second kappa shape index (κ2) is 8.72. The van der Waals surface area contributed by atoms with Crippen molar-refractivity contribution in [2.24, 2.45) is 0 Å². The van der Waals surface area contributed by atoms with E-state index in [1.54, 1.807) is 6.07 Å². The average molecular weight is 418 g/mol. The number of nitro groups is 1. The average Bonchev–Trinajstić information content (AvgIpc) is 3.43. The number of carbonyl (C=O) groups excluding carboxylic acids is 1. The molecule has 1 saturated heterocycles. The van der Waals surface area contributed by atoms with Gasteiger partial charge in [0.05, 0.1) is 16.7 Å². The van der Waals surface area contributed by atoms with Crippen LogP contribution in [0.4, 0.5) is 11.5 Å². The number of aromatic nitrogens is 5. The molecule has 1 aliphatic carbocycles. The number of nitrogens with zero attached hydrogens (tertiary/aromatic N) is 8. The first-order valence-corrected chi connectivity index (χ1v) is 10.6. The maximum absolute atomic E-state index is 12.6. The van der Waals surface area contributed by atoms with Crippen molar-refractivity contribution >= 4 is 29.2 Å². The van der Waals surface area contributed by atoms with E-state index in [-0.39, 0.29) is 11.6 Å². The Labute approximate surface area is 171 Å². The highest BCUT2D eigenvalue weighted by Crippen LogP contribution is 2.31. The van der Waals surface area contributed by atoms with Crippen LogP contribution in [0.15, 0.2) is 23.5 Å². The molecular weight excluding hydrogens is 396 g/mol. The molecule has 0 spiro atoms. The molecular formula is C17H22N8O3S. The molecule has 2 aromatic rings. The van der Waals surface area contributed by atoms with Crippen LogP contribution >= 0.6 is 11.8 Å². The summed E-state index contributed by atoms with van der Waals surface area (Å²) >= 11 is 1.39. The molecule has 4 rings (SSSR count). The van der Waals surface area contributed by atoms with E-state index < -0.39 is 4.92 Å². The molecule has 3 heterocycles. The minimum absolute atomic E-state index is 0.0282. The van der Waals surface area contributed by atoms with E-state index in [1.165, 1.54) is 36.9 Å². The van der Waals surface area contributed by atoms with Gasteiger partial charge in [0.1, 0.15) is 12.0 Å². The fourth-order valence-corrected chi connectivity index (χ4v) is 4.58. The lowest BCUT2D eigenvalue weighted by atomic mass is 10.3. The number of amides is 1. The number of hydrogen-bond donors (Lipinski definition) is 0. The van der Waals surface area contributed by atoms with Gasteiger partial charge in [-0.2, -0.15) is 0 Å². The van der Waals surface area contributed by atoms with E-state index in [4.69, 9.17) is 0 Å². The Balaban J connectivity index is 1.27. The number of tetrazole rings is 1. The quantitative estimate of drug-likeness (QED) is 0.390. The zero-order valence-corrected chi connectivity index (χ0v) is 16.7. The monoisotopic (exact) mass is 418 g/mol. The van der Waals surface area contributed by atoms with E-state index in [0.29, 0.717) is 48.9 Å². The van der Waals surface area contributed by atoms with Crippen molar-refractivity contribution in [1.29, 1.82) is 0 Å².